The number of hydrogen-bond donors (Lipinski definition) is 2. The minimum atomic E-state index is -0.318. The molecule has 2 heterocycles. The Labute approximate surface area is 92.6 Å². The van der Waals surface area contributed by atoms with Crippen LogP contribution in [0.5, 0.6) is 5.75 Å². The molecule has 1 aliphatic rings. The lowest BCUT2D eigenvalue weighted by molar-refractivity contribution is 0.387. The highest BCUT2D eigenvalue weighted by Gasteiger charge is 2.16. The van der Waals surface area contributed by atoms with Crippen molar-refractivity contribution in [1.82, 2.24) is 10.3 Å². The first-order valence-corrected chi connectivity index (χ1v) is 5.37. The Kier molecular flexibility index (Phi) is 2.11. The maximum atomic E-state index is 13.5. The van der Waals surface area contributed by atoms with E-state index in [-0.39, 0.29) is 5.82 Å². The van der Waals surface area contributed by atoms with E-state index in [0.717, 1.165) is 36.1 Å². The molecule has 16 heavy (non-hydrogen) atoms. The van der Waals surface area contributed by atoms with Crippen molar-refractivity contribution in [2.45, 2.75) is 13.0 Å². The van der Waals surface area contributed by atoms with Gasteiger partial charge >= 0.3 is 0 Å². The zero-order chi connectivity index (χ0) is 11.1. The number of hydrogen-bond acceptors (Lipinski definition) is 2. The van der Waals surface area contributed by atoms with Gasteiger partial charge in [-0.05, 0) is 24.6 Å². The summed E-state index contributed by atoms with van der Waals surface area (Å²) in [5.74, 6) is -0.00520. The monoisotopic (exact) mass is 220 g/mol. The van der Waals surface area contributed by atoms with Gasteiger partial charge in [0.2, 0.25) is 0 Å². The molecule has 0 saturated heterocycles. The van der Waals surface area contributed by atoms with Crippen LogP contribution in [0.4, 0.5) is 4.39 Å². The summed E-state index contributed by atoms with van der Waals surface area (Å²) >= 11 is 0. The number of nitrogens with one attached hydrogen (secondary N) is 2. The van der Waals surface area contributed by atoms with Gasteiger partial charge in [0, 0.05) is 29.2 Å². The van der Waals surface area contributed by atoms with Gasteiger partial charge in [-0.1, -0.05) is 0 Å². The molecule has 3 nitrogen and oxygen atoms in total. The Hall–Kier alpha value is -1.55. The topological polar surface area (TPSA) is 37.0 Å². The van der Waals surface area contributed by atoms with Crippen molar-refractivity contribution in [3.05, 3.63) is 29.2 Å². The van der Waals surface area contributed by atoms with E-state index in [0.29, 0.717) is 5.75 Å². The van der Waals surface area contributed by atoms with Gasteiger partial charge in [-0.25, -0.2) is 4.39 Å². The molecule has 0 saturated carbocycles. The number of benzene rings is 1. The molecule has 0 radical (unpaired) electrons. The van der Waals surface area contributed by atoms with Gasteiger partial charge in [0.15, 0.2) is 11.6 Å². The summed E-state index contributed by atoms with van der Waals surface area (Å²) in [5.41, 5.74) is 3.30. The van der Waals surface area contributed by atoms with Crippen molar-refractivity contribution in [3.63, 3.8) is 0 Å². The molecule has 0 unspecified atom stereocenters. The van der Waals surface area contributed by atoms with Crippen LogP contribution in [0.25, 0.3) is 10.9 Å². The summed E-state index contributed by atoms with van der Waals surface area (Å²) in [4.78, 5) is 3.25. The molecule has 0 amide bonds. The Morgan fingerprint density at radius 3 is 3.06 bits per heavy atom. The van der Waals surface area contributed by atoms with Crippen molar-refractivity contribution >= 4 is 10.9 Å². The van der Waals surface area contributed by atoms with Crippen molar-refractivity contribution in [1.29, 1.82) is 0 Å². The molecule has 3 rings (SSSR count). The van der Waals surface area contributed by atoms with E-state index in [9.17, 15) is 4.39 Å². The number of fused-ring (bicyclic) bond motifs is 3. The first-order valence-electron chi connectivity index (χ1n) is 5.37. The Morgan fingerprint density at radius 1 is 1.38 bits per heavy atom. The third kappa shape index (κ3) is 1.30. The highest BCUT2D eigenvalue weighted by atomic mass is 19.1. The standard InChI is InChI=1S/C12H13FN2O/c1-16-12-4-8-7-2-3-14-6-11(7)15-10(8)5-9(12)13/h4-5,14-15H,2-3,6H2,1H3. The van der Waals surface area contributed by atoms with Crippen LogP contribution in [0.3, 0.4) is 0 Å². The molecule has 2 N–H and O–H groups in total. The van der Waals surface area contributed by atoms with E-state index in [1.54, 1.807) is 6.07 Å². The van der Waals surface area contributed by atoms with Crippen LogP contribution >= 0.6 is 0 Å². The maximum absolute atomic E-state index is 13.5. The molecule has 0 fully saturated rings. The second-order valence-corrected chi connectivity index (χ2v) is 4.04. The van der Waals surface area contributed by atoms with Gasteiger partial charge < -0.3 is 15.0 Å². The molecule has 0 spiro atoms. The van der Waals surface area contributed by atoms with Crippen LogP contribution in [0.15, 0.2) is 12.1 Å². The summed E-state index contributed by atoms with van der Waals surface area (Å²) in [5, 5.41) is 4.37. The third-order valence-corrected chi connectivity index (χ3v) is 3.12. The zero-order valence-electron chi connectivity index (χ0n) is 9.06. The summed E-state index contributed by atoms with van der Waals surface area (Å²) < 4.78 is 18.5. The van der Waals surface area contributed by atoms with Crippen molar-refractivity contribution in [3.8, 4) is 5.75 Å². The molecule has 1 aliphatic heterocycles. The molecule has 0 aliphatic carbocycles. The molecular weight excluding hydrogens is 207 g/mol. The molecule has 1 aromatic heterocycles. The molecule has 2 aromatic rings. The van der Waals surface area contributed by atoms with Gasteiger partial charge in [-0.2, -0.15) is 0 Å². The first kappa shape index (κ1) is 9.66. The second-order valence-electron chi connectivity index (χ2n) is 4.04. The quantitative estimate of drug-likeness (QED) is 0.770. The van der Waals surface area contributed by atoms with Crippen LogP contribution < -0.4 is 10.1 Å². The lowest BCUT2D eigenvalue weighted by Crippen LogP contribution is -2.22. The Bertz CT molecular complexity index is 547. The average molecular weight is 220 g/mol. The van der Waals surface area contributed by atoms with Crippen LogP contribution in [0.1, 0.15) is 11.3 Å². The predicted octanol–water partition coefficient (Wildman–Crippen LogP) is 1.96. The highest BCUT2D eigenvalue weighted by molar-refractivity contribution is 5.86. The fraction of sp³-hybridized carbons (Fsp3) is 0.333. The largest absolute Gasteiger partial charge is 0.494 e. The van der Waals surface area contributed by atoms with E-state index in [1.807, 2.05) is 0 Å². The summed E-state index contributed by atoms with van der Waals surface area (Å²) in [6.45, 7) is 1.80. The smallest absolute Gasteiger partial charge is 0.167 e. The molecule has 0 atom stereocenters. The van der Waals surface area contributed by atoms with Crippen LogP contribution in [-0.4, -0.2) is 18.6 Å². The number of ether oxygens (including phenoxy) is 1. The number of aromatic amines is 1. The normalized spacial score (nSPS) is 15.1. The van der Waals surface area contributed by atoms with Gasteiger partial charge in [0.1, 0.15) is 0 Å². The maximum Gasteiger partial charge on any atom is 0.167 e. The zero-order valence-corrected chi connectivity index (χ0v) is 9.06. The van der Waals surface area contributed by atoms with E-state index >= 15 is 0 Å². The summed E-state index contributed by atoms with van der Waals surface area (Å²) in [6.07, 6.45) is 0.976. The molecular formula is C12H13FN2O. The lowest BCUT2D eigenvalue weighted by Gasteiger charge is -2.12. The van der Waals surface area contributed by atoms with E-state index in [1.165, 1.54) is 18.7 Å². The first-order chi connectivity index (χ1) is 7.79. The van der Waals surface area contributed by atoms with Gasteiger partial charge in [-0.3, -0.25) is 0 Å². The van der Waals surface area contributed by atoms with Crippen molar-refractivity contribution in [2.75, 3.05) is 13.7 Å². The highest BCUT2D eigenvalue weighted by Crippen LogP contribution is 2.30. The van der Waals surface area contributed by atoms with Crippen LogP contribution in [-0.2, 0) is 13.0 Å². The van der Waals surface area contributed by atoms with E-state index in [2.05, 4.69) is 10.3 Å². The molecule has 1 aromatic carbocycles. The molecule has 0 bridgehead atoms. The second kappa shape index (κ2) is 3.49. The van der Waals surface area contributed by atoms with Gasteiger partial charge in [0.05, 0.1) is 7.11 Å². The number of H-pyrrole nitrogens is 1. The van der Waals surface area contributed by atoms with Crippen LogP contribution in [0, 0.1) is 5.82 Å². The predicted molar refractivity (Wildman–Crippen MR) is 60.2 cm³/mol. The van der Waals surface area contributed by atoms with Crippen LogP contribution in [0.2, 0.25) is 0 Å². The minimum absolute atomic E-state index is 0.313. The fourth-order valence-electron chi connectivity index (χ4n) is 2.33. The average Bonchev–Trinajstić information content (AvgIpc) is 2.65. The number of aromatic nitrogens is 1. The summed E-state index contributed by atoms with van der Waals surface area (Å²) in [7, 11) is 1.49. The van der Waals surface area contributed by atoms with Gasteiger partial charge in [0.25, 0.3) is 0 Å². The summed E-state index contributed by atoms with van der Waals surface area (Å²) in [6, 6.07) is 3.29. The van der Waals surface area contributed by atoms with Crippen molar-refractivity contribution in [2.24, 2.45) is 0 Å². The SMILES string of the molecule is COc1cc2c3c([nH]c2cc1F)CNCC3. The number of rotatable bonds is 1. The fourth-order valence-corrected chi connectivity index (χ4v) is 2.33. The van der Waals surface area contributed by atoms with E-state index in [4.69, 9.17) is 4.74 Å². The van der Waals surface area contributed by atoms with E-state index < -0.39 is 0 Å². The minimum Gasteiger partial charge on any atom is -0.494 e. The number of methoxy groups -OCH3 is 1. The molecule has 4 heteroatoms. The molecule has 84 valence electrons. The number of halogens is 1. The third-order valence-electron chi connectivity index (χ3n) is 3.12. The lowest BCUT2D eigenvalue weighted by atomic mass is 10.0. The van der Waals surface area contributed by atoms with Crippen molar-refractivity contribution < 1.29 is 9.13 Å². The Balaban J connectivity index is 2.27. The Morgan fingerprint density at radius 2 is 2.25 bits per heavy atom. The van der Waals surface area contributed by atoms with Gasteiger partial charge in [-0.15, -0.1) is 0 Å².